The first-order valence-electron chi connectivity index (χ1n) is 8.87. The Bertz CT molecular complexity index is 1140. The molecule has 0 bridgehead atoms. The van der Waals surface area contributed by atoms with Crippen LogP contribution in [0.4, 0.5) is 0 Å². The highest BCUT2D eigenvalue weighted by Gasteiger charge is 2.13. The molecule has 4 rings (SSSR count). The van der Waals surface area contributed by atoms with Crippen molar-refractivity contribution in [2.75, 3.05) is 5.75 Å². The molecule has 0 aliphatic rings. The molecule has 0 atom stereocenters. The van der Waals surface area contributed by atoms with Gasteiger partial charge in [-0.15, -0.1) is 0 Å². The molecule has 2 aromatic carbocycles. The molecule has 0 radical (unpaired) electrons. The van der Waals surface area contributed by atoms with Gasteiger partial charge in [-0.1, -0.05) is 47.6 Å². The summed E-state index contributed by atoms with van der Waals surface area (Å²) in [4.78, 5) is 16.8. The molecule has 8 heteroatoms. The Hall–Kier alpha value is -3.03. The Balaban J connectivity index is 1.47. The number of imidazole rings is 1. The van der Waals surface area contributed by atoms with E-state index in [4.69, 9.17) is 16.0 Å². The normalized spacial score (nSPS) is 11.3. The first-order chi connectivity index (χ1) is 14.2. The van der Waals surface area contributed by atoms with Crippen molar-refractivity contribution in [3.05, 3.63) is 83.3 Å². The molecule has 0 spiro atoms. The van der Waals surface area contributed by atoms with Gasteiger partial charge < -0.3 is 8.98 Å². The van der Waals surface area contributed by atoms with Gasteiger partial charge in [0.25, 0.3) is 5.91 Å². The van der Waals surface area contributed by atoms with E-state index < -0.39 is 0 Å². The van der Waals surface area contributed by atoms with Crippen LogP contribution in [-0.2, 0) is 11.3 Å². The molecule has 146 valence electrons. The second kappa shape index (κ2) is 8.98. The van der Waals surface area contributed by atoms with Crippen molar-refractivity contribution in [2.45, 2.75) is 11.7 Å². The number of carbonyl (C=O) groups excluding carboxylic acids is 1. The fourth-order valence-electron chi connectivity index (χ4n) is 2.78. The molecule has 1 amide bonds. The summed E-state index contributed by atoms with van der Waals surface area (Å²) in [6.45, 7) is 0.637. The van der Waals surface area contributed by atoms with E-state index in [-0.39, 0.29) is 11.7 Å². The quantitative estimate of drug-likeness (QED) is 0.268. The summed E-state index contributed by atoms with van der Waals surface area (Å²) < 4.78 is 7.23. The van der Waals surface area contributed by atoms with Crippen LogP contribution in [0.2, 0.25) is 5.02 Å². The van der Waals surface area contributed by atoms with Gasteiger partial charge in [0.2, 0.25) is 0 Å². The van der Waals surface area contributed by atoms with Crippen molar-refractivity contribution in [2.24, 2.45) is 5.10 Å². The van der Waals surface area contributed by atoms with Crippen molar-refractivity contribution < 1.29 is 9.21 Å². The number of hydrogen-bond acceptors (Lipinski definition) is 5. The fourth-order valence-corrected chi connectivity index (χ4v) is 3.72. The monoisotopic (exact) mass is 424 g/mol. The molecule has 2 heterocycles. The van der Waals surface area contributed by atoms with E-state index in [1.54, 1.807) is 18.4 Å². The smallest absolute Gasteiger partial charge is 0.250 e. The molecule has 2 aromatic heterocycles. The molecular formula is C21H17ClN4O2S. The number of nitrogens with zero attached hydrogens (tertiary/aromatic N) is 3. The molecule has 0 saturated heterocycles. The van der Waals surface area contributed by atoms with Crippen LogP contribution >= 0.6 is 23.4 Å². The average molecular weight is 425 g/mol. The van der Waals surface area contributed by atoms with Crippen LogP contribution in [-0.4, -0.2) is 27.4 Å². The highest BCUT2D eigenvalue weighted by Crippen LogP contribution is 2.25. The number of furan rings is 1. The number of rotatable bonds is 7. The summed E-state index contributed by atoms with van der Waals surface area (Å²) in [6.07, 6.45) is 3.00. The number of carbonyl (C=O) groups is 1. The van der Waals surface area contributed by atoms with E-state index in [0.717, 1.165) is 21.8 Å². The maximum absolute atomic E-state index is 12.1. The molecule has 1 N–H and O–H groups in total. The van der Waals surface area contributed by atoms with E-state index in [2.05, 4.69) is 20.1 Å². The third-order valence-corrected chi connectivity index (χ3v) is 5.36. The second-order valence-corrected chi connectivity index (χ2v) is 7.57. The van der Waals surface area contributed by atoms with Gasteiger partial charge in [-0.05, 0) is 42.0 Å². The van der Waals surface area contributed by atoms with Gasteiger partial charge in [0.15, 0.2) is 5.16 Å². The maximum Gasteiger partial charge on any atom is 0.250 e. The van der Waals surface area contributed by atoms with E-state index in [1.165, 1.54) is 18.0 Å². The van der Waals surface area contributed by atoms with Gasteiger partial charge in [-0.25, -0.2) is 10.4 Å². The lowest BCUT2D eigenvalue weighted by Crippen LogP contribution is -2.20. The number of amides is 1. The van der Waals surface area contributed by atoms with Crippen LogP contribution in [0.3, 0.4) is 0 Å². The van der Waals surface area contributed by atoms with Gasteiger partial charge >= 0.3 is 0 Å². The van der Waals surface area contributed by atoms with Crippen molar-refractivity contribution in [1.29, 1.82) is 0 Å². The van der Waals surface area contributed by atoms with Crippen molar-refractivity contribution in [1.82, 2.24) is 15.0 Å². The lowest BCUT2D eigenvalue weighted by atomic mass is 10.2. The predicted octanol–water partition coefficient (Wildman–Crippen LogP) is 4.57. The van der Waals surface area contributed by atoms with Crippen molar-refractivity contribution in [3.63, 3.8) is 0 Å². The summed E-state index contributed by atoms with van der Waals surface area (Å²) in [5.41, 5.74) is 5.51. The second-order valence-electron chi connectivity index (χ2n) is 6.19. The van der Waals surface area contributed by atoms with Crippen LogP contribution < -0.4 is 5.43 Å². The first kappa shape index (κ1) is 19.3. The number of hydrazone groups is 1. The maximum atomic E-state index is 12.1. The zero-order valence-electron chi connectivity index (χ0n) is 15.3. The van der Waals surface area contributed by atoms with Gasteiger partial charge in [-0.3, -0.25) is 4.79 Å². The zero-order valence-corrected chi connectivity index (χ0v) is 16.9. The summed E-state index contributed by atoms with van der Waals surface area (Å²) in [6, 6.07) is 19.1. The number of aromatic nitrogens is 2. The van der Waals surface area contributed by atoms with Gasteiger partial charge in [0.1, 0.15) is 5.76 Å². The van der Waals surface area contributed by atoms with Gasteiger partial charge in [-0.2, -0.15) is 5.10 Å². The molecule has 0 fully saturated rings. The summed E-state index contributed by atoms with van der Waals surface area (Å²) >= 11 is 7.36. The lowest BCUT2D eigenvalue weighted by molar-refractivity contribution is -0.118. The molecule has 6 nitrogen and oxygen atoms in total. The van der Waals surface area contributed by atoms with E-state index in [0.29, 0.717) is 17.3 Å². The summed E-state index contributed by atoms with van der Waals surface area (Å²) in [7, 11) is 0. The number of fused-ring (bicyclic) bond motifs is 1. The topological polar surface area (TPSA) is 72.4 Å². The Labute approximate surface area is 176 Å². The van der Waals surface area contributed by atoms with Crippen LogP contribution in [0.1, 0.15) is 11.3 Å². The molecule has 4 aromatic rings. The molecule has 0 aliphatic heterocycles. The van der Waals surface area contributed by atoms with Crippen LogP contribution in [0, 0.1) is 0 Å². The van der Waals surface area contributed by atoms with Crippen LogP contribution in [0.5, 0.6) is 0 Å². The Morgan fingerprint density at radius 3 is 2.79 bits per heavy atom. The fraction of sp³-hybridized carbons (Fsp3) is 0.0952. The minimum atomic E-state index is -0.220. The van der Waals surface area contributed by atoms with Gasteiger partial charge in [0, 0.05) is 5.02 Å². The van der Waals surface area contributed by atoms with Crippen molar-refractivity contribution in [3.8, 4) is 0 Å². The number of halogens is 1. The summed E-state index contributed by atoms with van der Waals surface area (Å²) in [5, 5.41) is 5.37. The average Bonchev–Trinajstić information content (AvgIpc) is 3.36. The lowest BCUT2D eigenvalue weighted by Gasteiger charge is -2.09. The highest BCUT2D eigenvalue weighted by molar-refractivity contribution is 7.99. The minimum absolute atomic E-state index is 0.194. The number of nitrogens with one attached hydrogen (secondary N) is 1. The first-order valence-corrected chi connectivity index (χ1v) is 10.2. The van der Waals surface area contributed by atoms with Crippen LogP contribution in [0.15, 0.2) is 81.6 Å². The van der Waals surface area contributed by atoms with Crippen molar-refractivity contribution >= 4 is 46.5 Å². The van der Waals surface area contributed by atoms with E-state index in [9.17, 15) is 4.79 Å². The highest BCUT2D eigenvalue weighted by atomic mass is 35.5. The predicted molar refractivity (Wildman–Crippen MR) is 115 cm³/mol. The largest absolute Gasteiger partial charge is 0.463 e. The van der Waals surface area contributed by atoms with Gasteiger partial charge in [0.05, 0.1) is 35.8 Å². The molecule has 0 unspecified atom stereocenters. The Morgan fingerprint density at radius 1 is 1.17 bits per heavy atom. The zero-order chi connectivity index (χ0) is 20.1. The van der Waals surface area contributed by atoms with E-state index >= 15 is 0 Å². The minimum Gasteiger partial charge on any atom is -0.463 e. The Kier molecular flexibility index (Phi) is 5.97. The molecule has 0 aliphatic carbocycles. The Morgan fingerprint density at radius 2 is 2.00 bits per heavy atom. The van der Waals surface area contributed by atoms with Crippen LogP contribution in [0.25, 0.3) is 11.0 Å². The number of para-hydroxylation sites is 2. The third-order valence-electron chi connectivity index (χ3n) is 4.13. The number of benzene rings is 2. The molecular weight excluding hydrogens is 408 g/mol. The van der Waals surface area contributed by atoms with E-state index in [1.807, 2.05) is 48.5 Å². The SMILES string of the molecule is O=C(CSc1nc2ccccc2n1Cc1ccc(Cl)cc1)NN=Cc1ccco1. The number of thioether (sulfide) groups is 1. The summed E-state index contributed by atoms with van der Waals surface area (Å²) in [5.74, 6) is 0.546. The molecule has 29 heavy (non-hydrogen) atoms. The molecule has 0 saturated carbocycles. The standard InChI is InChI=1S/C21H17ClN4O2S/c22-16-9-7-15(8-10-16)13-26-19-6-2-1-5-18(19)24-21(26)29-14-20(27)25-23-12-17-4-3-11-28-17/h1-12H,13-14H2,(H,25,27). The number of hydrogen-bond donors (Lipinski definition) is 1. The third kappa shape index (κ3) is 4.88.